The average molecular weight is 156 g/mol. The van der Waals surface area contributed by atoms with E-state index in [9.17, 15) is 4.79 Å². The van der Waals surface area contributed by atoms with Crippen molar-refractivity contribution in [3.8, 4) is 0 Å². The lowest BCUT2D eigenvalue weighted by Crippen LogP contribution is -2.07. The molecule has 11 heavy (non-hydrogen) atoms. The number of hydrogen-bond acceptors (Lipinski definition) is 2. The third-order valence-electron chi connectivity index (χ3n) is 1.64. The molecule has 0 aliphatic heterocycles. The van der Waals surface area contributed by atoms with Gasteiger partial charge in [0.15, 0.2) is 5.78 Å². The van der Waals surface area contributed by atoms with E-state index in [2.05, 4.69) is 0 Å². The van der Waals surface area contributed by atoms with E-state index in [1.54, 1.807) is 6.92 Å². The quantitative estimate of drug-likeness (QED) is 0.627. The first-order valence-corrected chi connectivity index (χ1v) is 3.98. The molecule has 2 nitrogen and oxygen atoms in total. The maximum Gasteiger partial charge on any atom is 0.158 e. The van der Waals surface area contributed by atoms with Gasteiger partial charge in [0.2, 0.25) is 0 Å². The minimum absolute atomic E-state index is 0.0741. The number of aliphatic hydroxyl groups is 1. The minimum atomic E-state index is -0.525. The molecule has 0 aromatic carbocycles. The Hall–Kier alpha value is -0.630. The fourth-order valence-corrected chi connectivity index (χ4v) is 0.600. The van der Waals surface area contributed by atoms with Crippen LogP contribution in [0.1, 0.15) is 27.2 Å². The Kier molecular flexibility index (Phi) is 4.79. The summed E-state index contributed by atoms with van der Waals surface area (Å²) in [5, 5.41) is 8.82. The van der Waals surface area contributed by atoms with E-state index in [0.29, 0.717) is 0 Å². The molecule has 64 valence electrons. The summed E-state index contributed by atoms with van der Waals surface area (Å²) in [6, 6.07) is 0. The standard InChI is InChI=1S/C9H16O2/c1-4-7(2)9(11)6-5-8(3)10/h5-8,10H,4H2,1-3H3/b6-5+. The highest BCUT2D eigenvalue weighted by molar-refractivity contribution is 5.91. The predicted octanol–water partition coefficient (Wildman–Crippen LogP) is 1.54. The first-order chi connectivity index (χ1) is 5.07. The van der Waals surface area contributed by atoms with Crippen molar-refractivity contribution in [1.82, 2.24) is 0 Å². The largest absolute Gasteiger partial charge is 0.389 e. The molecule has 0 fully saturated rings. The lowest BCUT2D eigenvalue weighted by atomic mass is 10.0. The summed E-state index contributed by atoms with van der Waals surface area (Å²) < 4.78 is 0. The normalized spacial score (nSPS) is 16.7. The molecular formula is C9H16O2. The Balaban J connectivity index is 3.86. The van der Waals surface area contributed by atoms with Gasteiger partial charge in [-0.05, 0) is 19.4 Å². The summed E-state index contributed by atoms with van der Waals surface area (Å²) >= 11 is 0. The summed E-state index contributed by atoms with van der Waals surface area (Å²) in [6.45, 7) is 5.48. The highest BCUT2D eigenvalue weighted by Gasteiger charge is 2.05. The van der Waals surface area contributed by atoms with Gasteiger partial charge >= 0.3 is 0 Å². The Morgan fingerprint density at radius 2 is 2.09 bits per heavy atom. The van der Waals surface area contributed by atoms with Crippen molar-refractivity contribution >= 4 is 5.78 Å². The molecule has 1 N–H and O–H groups in total. The Morgan fingerprint density at radius 1 is 1.55 bits per heavy atom. The van der Waals surface area contributed by atoms with E-state index in [-0.39, 0.29) is 11.7 Å². The second-order valence-corrected chi connectivity index (χ2v) is 2.81. The third-order valence-corrected chi connectivity index (χ3v) is 1.64. The second kappa shape index (κ2) is 5.08. The van der Waals surface area contributed by atoms with Gasteiger partial charge in [-0.2, -0.15) is 0 Å². The van der Waals surface area contributed by atoms with E-state index in [1.807, 2.05) is 13.8 Å². The molecule has 0 spiro atoms. The molecule has 2 heteroatoms. The van der Waals surface area contributed by atoms with E-state index >= 15 is 0 Å². The smallest absolute Gasteiger partial charge is 0.158 e. The highest BCUT2D eigenvalue weighted by atomic mass is 16.3. The monoisotopic (exact) mass is 156 g/mol. The van der Waals surface area contributed by atoms with Crippen LogP contribution in [0.4, 0.5) is 0 Å². The van der Waals surface area contributed by atoms with Crippen molar-refractivity contribution in [1.29, 1.82) is 0 Å². The van der Waals surface area contributed by atoms with Gasteiger partial charge in [0, 0.05) is 5.92 Å². The molecule has 2 unspecified atom stereocenters. The number of ketones is 1. The van der Waals surface area contributed by atoms with Gasteiger partial charge in [0.1, 0.15) is 0 Å². The topological polar surface area (TPSA) is 37.3 Å². The zero-order chi connectivity index (χ0) is 8.85. The van der Waals surface area contributed by atoms with Crippen LogP contribution in [0.15, 0.2) is 12.2 Å². The number of aliphatic hydroxyl groups excluding tert-OH is 1. The van der Waals surface area contributed by atoms with Crippen molar-refractivity contribution in [2.45, 2.75) is 33.3 Å². The van der Waals surface area contributed by atoms with Crippen LogP contribution in [0.25, 0.3) is 0 Å². The summed E-state index contributed by atoms with van der Waals surface area (Å²) in [5.41, 5.74) is 0. The van der Waals surface area contributed by atoms with E-state index < -0.39 is 6.10 Å². The van der Waals surface area contributed by atoms with Crippen LogP contribution in [0.3, 0.4) is 0 Å². The molecule has 0 saturated heterocycles. The molecule has 0 heterocycles. The van der Waals surface area contributed by atoms with Gasteiger partial charge in [0.05, 0.1) is 6.10 Å². The SMILES string of the molecule is CCC(C)C(=O)/C=C/C(C)O. The van der Waals surface area contributed by atoms with Crippen LogP contribution in [-0.4, -0.2) is 17.0 Å². The molecular weight excluding hydrogens is 140 g/mol. The van der Waals surface area contributed by atoms with Gasteiger partial charge in [-0.1, -0.05) is 19.9 Å². The summed E-state index contributed by atoms with van der Waals surface area (Å²) in [4.78, 5) is 11.1. The first kappa shape index (κ1) is 10.4. The molecule has 0 bridgehead atoms. The molecule has 0 aromatic heterocycles. The van der Waals surface area contributed by atoms with Crippen molar-refractivity contribution in [3.63, 3.8) is 0 Å². The second-order valence-electron chi connectivity index (χ2n) is 2.81. The summed E-state index contributed by atoms with van der Waals surface area (Å²) in [5.74, 6) is 0.165. The summed E-state index contributed by atoms with van der Waals surface area (Å²) in [6.07, 6.45) is 3.29. The van der Waals surface area contributed by atoms with E-state index in [4.69, 9.17) is 5.11 Å². The molecule has 0 amide bonds. The fraction of sp³-hybridized carbons (Fsp3) is 0.667. The molecule has 0 aliphatic rings. The maximum absolute atomic E-state index is 11.1. The molecule has 0 rings (SSSR count). The van der Waals surface area contributed by atoms with Crippen LogP contribution in [0.2, 0.25) is 0 Å². The van der Waals surface area contributed by atoms with Gasteiger partial charge in [-0.3, -0.25) is 4.79 Å². The predicted molar refractivity (Wildman–Crippen MR) is 45.3 cm³/mol. The van der Waals surface area contributed by atoms with Crippen molar-refractivity contribution in [3.05, 3.63) is 12.2 Å². The lowest BCUT2D eigenvalue weighted by molar-refractivity contribution is -0.117. The van der Waals surface area contributed by atoms with Crippen LogP contribution >= 0.6 is 0 Å². The summed E-state index contributed by atoms with van der Waals surface area (Å²) in [7, 11) is 0. The zero-order valence-corrected chi connectivity index (χ0v) is 7.37. The van der Waals surface area contributed by atoms with Crippen molar-refractivity contribution in [2.24, 2.45) is 5.92 Å². The number of allylic oxidation sites excluding steroid dienone is 1. The number of rotatable bonds is 4. The molecule has 0 saturated carbocycles. The molecule has 0 aromatic rings. The van der Waals surface area contributed by atoms with Crippen molar-refractivity contribution < 1.29 is 9.90 Å². The molecule has 0 aliphatic carbocycles. The fourth-order valence-electron chi connectivity index (χ4n) is 0.600. The first-order valence-electron chi connectivity index (χ1n) is 3.98. The Bertz CT molecular complexity index is 148. The maximum atomic E-state index is 11.1. The highest BCUT2D eigenvalue weighted by Crippen LogP contribution is 2.02. The van der Waals surface area contributed by atoms with E-state index in [1.165, 1.54) is 12.2 Å². The van der Waals surface area contributed by atoms with Crippen LogP contribution in [-0.2, 0) is 4.79 Å². The van der Waals surface area contributed by atoms with Crippen LogP contribution in [0.5, 0.6) is 0 Å². The van der Waals surface area contributed by atoms with Gasteiger partial charge in [-0.15, -0.1) is 0 Å². The van der Waals surface area contributed by atoms with Gasteiger partial charge < -0.3 is 5.11 Å². The number of hydrogen-bond donors (Lipinski definition) is 1. The zero-order valence-electron chi connectivity index (χ0n) is 7.37. The third kappa shape index (κ3) is 4.73. The van der Waals surface area contributed by atoms with Gasteiger partial charge in [0.25, 0.3) is 0 Å². The minimum Gasteiger partial charge on any atom is -0.389 e. The van der Waals surface area contributed by atoms with Gasteiger partial charge in [-0.25, -0.2) is 0 Å². The number of carbonyl (C=O) groups excluding carboxylic acids is 1. The average Bonchev–Trinajstić information content (AvgIpc) is 1.98. The Morgan fingerprint density at radius 3 is 2.45 bits per heavy atom. The molecule has 0 radical (unpaired) electrons. The van der Waals surface area contributed by atoms with E-state index in [0.717, 1.165) is 6.42 Å². The van der Waals surface area contributed by atoms with Crippen molar-refractivity contribution in [2.75, 3.05) is 0 Å². The Labute approximate surface area is 67.9 Å². The lowest BCUT2D eigenvalue weighted by Gasteiger charge is -2.01. The van der Waals surface area contributed by atoms with Crippen LogP contribution < -0.4 is 0 Å². The van der Waals surface area contributed by atoms with Crippen LogP contribution in [0, 0.1) is 5.92 Å². The number of carbonyl (C=O) groups is 1. The molecule has 2 atom stereocenters.